The van der Waals surface area contributed by atoms with E-state index in [1.54, 1.807) is 12.4 Å². The number of hydrogen-bond acceptors (Lipinski definition) is 5. The van der Waals surface area contributed by atoms with Crippen molar-refractivity contribution in [3.63, 3.8) is 0 Å². The summed E-state index contributed by atoms with van der Waals surface area (Å²) < 4.78 is 0. The maximum atomic E-state index is 13.7. The number of nitrogens with one attached hydrogen (secondary N) is 1. The number of benzene rings is 1. The van der Waals surface area contributed by atoms with Crippen LogP contribution in [0, 0.1) is 5.92 Å². The van der Waals surface area contributed by atoms with Crippen LogP contribution in [0.1, 0.15) is 50.5 Å². The molecule has 1 aromatic heterocycles. The number of urea groups is 1. The lowest BCUT2D eigenvalue weighted by molar-refractivity contribution is 0.0160. The van der Waals surface area contributed by atoms with Crippen molar-refractivity contribution in [1.82, 2.24) is 24.9 Å². The first kappa shape index (κ1) is 23.1. The average molecular weight is 463 g/mol. The van der Waals surface area contributed by atoms with Crippen LogP contribution in [-0.2, 0) is 5.54 Å². The summed E-state index contributed by atoms with van der Waals surface area (Å²) in [5.41, 5.74) is 2.34. The molecule has 0 radical (unpaired) electrons. The number of carbonyl (C=O) groups is 1. The topological polar surface area (TPSA) is 64.6 Å². The Morgan fingerprint density at radius 2 is 1.82 bits per heavy atom. The Morgan fingerprint density at radius 3 is 2.44 bits per heavy atom. The van der Waals surface area contributed by atoms with Gasteiger partial charge in [0, 0.05) is 31.7 Å². The van der Waals surface area contributed by atoms with E-state index in [1.807, 2.05) is 6.07 Å². The number of hydrogen-bond donors (Lipinski definition) is 1. The van der Waals surface area contributed by atoms with E-state index in [4.69, 9.17) is 0 Å². The van der Waals surface area contributed by atoms with Gasteiger partial charge in [-0.05, 0) is 70.2 Å². The summed E-state index contributed by atoms with van der Waals surface area (Å²) >= 11 is 0. The highest BCUT2D eigenvalue weighted by molar-refractivity contribution is 5.78. The van der Waals surface area contributed by atoms with Gasteiger partial charge in [-0.3, -0.25) is 4.90 Å². The third-order valence-electron chi connectivity index (χ3n) is 8.69. The quantitative estimate of drug-likeness (QED) is 0.637. The SMILES string of the molecule is CN(C)C1(c2ccccc2)CCC2(CC1)CN(CCNc1ccnnc1)C(=O)N2CC1CCC1. The van der Waals surface area contributed by atoms with Crippen LogP contribution in [0.3, 0.4) is 0 Å². The summed E-state index contributed by atoms with van der Waals surface area (Å²) in [5, 5.41) is 11.1. The molecule has 7 heteroatoms. The first-order valence-electron chi connectivity index (χ1n) is 12.8. The van der Waals surface area contributed by atoms with Crippen molar-refractivity contribution in [2.24, 2.45) is 5.92 Å². The summed E-state index contributed by atoms with van der Waals surface area (Å²) in [5.74, 6) is 0.677. The van der Waals surface area contributed by atoms with Crippen LogP contribution in [0.15, 0.2) is 48.8 Å². The molecular formula is C27H38N6O. The summed E-state index contributed by atoms with van der Waals surface area (Å²) in [4.78, 5) is 20.4. The molecule has 1 saturated heterocycles. The van der Waals surface area contributed by atoms with Crippen molar-refractivity contribution in [2.45, 2.75) is 56.0 Å². The monoisotopic (exact) mass is 462 g/mol. The van der Waals surface area contributed by atoms with Crippen LogP contribution in [0.5, 0.6) is 0 Å². The highest BCUT2D eigenvalue weighted by Crippen LogP contribution is 2.49. The molecule has 0 atom stereocenters. The van der Waals surface area contributed by atoms with Gasteiger partial charge in [0.25, 0.3) is 0 Å². The number of carbonyl (C=O) groups excluding carboxylic acids is 1. The van der Waals surface area contributed by atoms with Crippen molar-refractivity contribution >= 4 is 11.7 Å². The van der Waals surface area contributed by atoms with Crippen molar-refractivity contribution in [3.05, 3.63) is 54.4 Å². The van der Waals surface area contributed by atoms with E-state index in [0.29, 0.717) is 12.5 Å². The fraction of sp³-hybridized carbons (Fsp3) is 0.593. The number of anilines is 1. The lowest BCUT2D eigenvalue weighted by Gasteiger charge is -2.51. The van der Waals surface area contributed by atoms with Gasteiger partial charge >= 0.3 is 6.03 Å². The van der Waals surface area contributed by atoms with E-state index in [9.17, 15) is 4.79 Å². The molecule has 0 unspecified atom stereocenters. The molecule has 2 heterocycles. The lowest BCUT2D eigenvalue weighted by Crippen LogP contribution is -2.56. The minimum absolute atomic E-state index is 0.0425. The van der Waals surface area contributed by atoms with Gasteiger partial charge in [-0.15, -0.1) is 0 Å². The molecule has 2 saturated carbocycles. The predicted molar refractivity (Wildman–Crippen MR) is 135 cm³/mol. The fourth-order valence-corrected chi connectivity index (χ4v) is 6.29. The van der Waals surface area contributed by atoms with E-state index >= 15 is 0 Å². The molecule has 1 N–H and O–H groups in total. The van der Waals surface area contributed by atoms with Gasteiger partial charge in [-0.2, -0.15) is 10.2 Å². The molecule has 7 nitrogen and oxygen atoms in total. The second kappa shape index (κ2) is 9.53. The van der Waals surface area contributed by atoms with Crippen molar-refractivity contribution < 1.29 is 4.79 Å². The van der Waals surface area contributed by atoms with Gasteiger partial charge in [0.05, 0.1) is 23.6 Å². The zero-order chi connectivity index (χ0) is 23.6. The highest BCUT2D eigenvalue weighted by Gasteiger charge is 2.54. The Kier molecular flexibility index (Phi) is 6.47. The molecular weight excluding hydrogens is 424 g/mol. The molecule has 3 aliphatic rings. The van der Waals surface area contributed by atoms with Crippen molar-refractivity contribution in [3.8, 4) is 0 Å². The molecule has 2 amide bonds. The standard InChI is InChI=1S/C27H38N6O/c1-31(2)27(23-9-4-3-5-10-23)14-12-26(13-15-27)21-32(18-17-28-24-11-16-29-30-19-24)25(34)33(26)20-22-7-6-8-22/h3-5,9-11,16,19,22H,6-8,12-15,17-18,20-21H2,1-2H3,(H,28,29). The molecule has 2 aromatic rings. The minimum Gasteiger partial charge on any atom is -0.382 e. The van der Waals surface area contributed by atoms with Crippen LogP contribution < -0.4 is 5.32 Å². The number of aromatic nitrogens is 2. The van der Waals surface area contributed by atoms with Gasteiger partial charge in [-0.1, -0.05) is 36.8 Å². The smallest absolute Gasteiger partial charge is 0.320 e. The van der Waals surface area contributed by atoms with E-state index < -0.39 is 0 Å². The first-order chi connectivity index (χ1) is 16.5. The number of amides is 2. The molecule has 1 aliphatic heterocycles. The Labute approximate surface area is 203 Å². The molecule has 1 aromatic carbocycles. The lowest BCUT2D eigenvalue weighted by atomic mass is 9.68. The molecule has 182 valence electrons. The van der Waals surface area contributed by atoms with Gasteiger partial charge in [0.2, 0.25) is 0 Å². The summed E-state index contributed by atoms with van der Waals surface area (Å²) in [7, 11) is 4.42. The Bertz CT molecular complexity index is 954. The maximum absolute atomic E-state index is 13.7. The number of nitrogens with zero attached hydrogens (tertiary/aromatic N) is 5. The van der Waals surface area contributed by atoms with Crippen LogP contribution in [-0.4, -0.2) is 76.7 Å². The Morgan fingerprint density at radius 1 is 1.06 bits per heavy atom. The second-order valence-corrected chi connectivity index (χ2v) is 10.7. The van der Waals surface area contributed by atoms with Crippen LogP contribution in [0.4, 0.5) is 10.5 Å². The third kappa shape index (κ3) is 4.26. The maximum Gasteiger partial charge on any atom is 0.320 e. The molecule has 1 spiro atoms. The molecule has 0 bridgehead atoms. The first-order valence-corrected chi connectivity index (χ1v) is 12.8. The number of rotatable bonds is 8. The minimum atomic E-state index is -0.0425. The van der Waals surface area contributed by atoms with Gasteiger partial charge in [0.15, 0.2) is 0 Å². The average Bonchev–Trinajstić information content (AvgIpc) is 3.08. The molecule has 3 fully saturated rings. The zero-order valence-corrected chi connectivity index (χ0v) is 20.6. The van der Waals surface area contributed by atoms with Crippen LogP contribution >= 0.6 is 0 Å². The van der Waals surface area contributed by atoms with Gasteiger partial charge in [0.1, 0.15) is 0 Å². The normalized spacial score (nSPS) is 27.4. The van der Waals surface area contributed by atoms with Gasteiger partial charge < -0.3 is 15.1 Å². The van der Waals surface area contributed by atoms with Crippen molar-refractivity contribution in [1.29, 1.82) is 0 Å². The predicted octanol–water partition coefficient (Wildman–Crippen LogP) is 4.20. The van der Waals surface area contributed by atoms with E-state index in [1.165, 1.54) is 24.8 Å². The van der Waals surface area contributed by atoms with Gasteiger partial charge in [-0.25, -0.2) is 4.79 Å². The van der Waals surface area contributed by atoms with E-state index in [0.717, 1.165) is 51.0 Å². The van der Waals surface area contributed by atoms with Crippen LogP contribution in [0.25, 0.3) is 0 Å². The third-order valence-corrected chi connectivity index (χ3v) is 8.69. The molecule has 34 heavy (non-hydrogen) atoms. The van der Waals surface area contributed by atoms with Crippen LogP contribution in [0.2, 0.25) is 0 Å². The summed E-state index contributed by atoms with van der Waals surface area (Å²) in [6, 6.07) is 13.1. The fourth-order valence-electron chi connectivity index (χ4n) is 6.29. The van der Waals surface area contributed by atoms with E-state index in [-0.39, 0.29) is 17.1 Å². The van der Waals surface area contributed by atoms with E-state index in [2.05, 4.69) is 74.6 Å². The second-order valence-electron chi connectivity index (χ2n) is 10.7. The zero-order valence-electron chi connectivity index (χ0n) is 20.6. The molecule has 2 aliphatic carbocycles. The summed E-state index contributed by atoms with van der Waals surface area (Å²) in [6.45, 7) is 3.20. The Balaban J connectivity index is 1.31. The largest absolute Gasteiger partial charge is 0.382 e. The Hall–Kier alpha value is -2.67. The molecule has 5 rings (SSSR count). The highest BCUT2D eigenvalue weighted by atomic mass is 16.2. The van der Waals surface area contributed by atoms with Crippen molar-refractivity contribution in [2.75, 3.05) is 45.6 Å². The summed E-state index contributed by atoms with van der Waals surface area (Å²) in [6.07, 6.45) is 11.5.